The number of anilines is 1. The maximum absolute atomic E-state index is 13.1. The Balaban J connectivity index is 0.000000370. The summed E-state index contributed by atoms with van der Waals surface area (Å²) in [6.45, 7) is 1.74. The molecule has 2 aromatic rings. The predicted octanol–water partition coefficient (Wildman–Crippen LogP) is 2.68. The Labute approximate surface area is 159 Å². The number of aliphatic carboxylic acids is 1. The second kappa shape index (κ2) is 9.07. The molecule has 0 bridgehead atoms. The Kier molecular flexibility index (Phi) is 7.00. The average molecular weight is 426 g/mol. The van der Waals surface area contributed by atoms with Gasteiger partial charge in [0.2, 0.25) is 5.95 Å². The summed E-state index contributed by atoms with van der Waals surface area (Å²) in [6.07, 6.45) is -4.33. The molecule has 8 nitrogen and oxygen atoms in total. The number of rotatable bonds is 3. The highest BCUT2D eigenvalue weighted by molar-refractivity contribution is 5.73. The van der Waals surface area contributed by atoms with Gasteiger partial charge in [0.05, 0.1) is 11.9 Å². The number of aromatic amines is 1. The Morgan fingerprint density at radius 2 is 1.76 bits per heavy atom. The summed E-state index contributed by atoms with van der Waals surface area (Å²) < 4.78 is 71.0. The zero-order valence-corrected chi connectivity index (χ0v) is 14.6. The molecule has 0 aliphatic carbocycles. The monoisotopic (exact) mass is 426 g/mol. The first-order valence-corrected chi connectivity index (χ1v) is 8.19. The standard InChI is InChI=1S/C13H15F3N6.C2HF3O2/c14-13(15,16)10-7-18-12(21-9-1-3-17-4-2-9)22-11(10)8-5-19-20-6-8;3-2(4,5)1(6)7/h5-7,9,17H,1-4H2,(H,19,20)(H,18,21,22);(H,6,7). The van der Waals surface area contributed by atoms with Gasteiger partial charge in [0.1, 0.15) is 5.56 Å². The molecule has 14 heteroatoms. The highest BCUT2D eigenvalue weighted by Gasteiger charge is 2.38. The van der Waals surface area contributed by atoms with Gasteiger partial charge in [-0.25, -0.2) is 14.8 Å². The molecule has 2 aromatic heterocycles. The average Bonchev–Trinajstić information content (AvgIpc) is 3.16. The molecule has 1 aliphatic rings. The molecule has 0 radical (unpaired) electrons. The fraction of sp³-hybridized carbons (Fsp3) is 0.467. The molecule has 0 aromatic carbocycles. The van der Waals surface area contributed by atoms with Crippen molar-refractivity contribution in [2.75, 3.05) is 18.4 Å². The second-order valence-corrected chi connectivity index (χ2v) is 5.91. The number of hydrogen-bond acceptors (Lipinski definition) is 6. The first kappa shape index (κ1) is 22.4. The van der Waals surface area contributed by atoms with Crippen molar-refractivity contribution >= 4 is 11.9 Å². The number of carboxylic acids is 1. The number of alkyl halides is 6. The Hall–Kier alpha value is -2.90. The summed E-state index contributed by atoms with van der Waals surface area (Å²) in [4.78, 5) is 16.8. The number of H-pyrrole nitrogens is 1. The van der Waals surface area contributed by atoms with E-state index in [1.165, 1.54) is 12.4 Å². The van der Waals surface area contributed by atoms with Crippen LogP contribution in [0.3, 0.4) is 0 Å². The van der Waals surface area contributed by atoms with Crippen LogP contribution in [-0.4, -0.2) is 56.5 Å². The zero-order chi connectivity index (χ0) is 21.7. The highest BCUT2D eigenvalue weighted by Crippen LogP contribution is 2.35. The molecule has 1 aliphatic heterocycles. The minimum absolute atomic E-state index is 0.162. The van der Waals surface area contributed by atoms with Gasteiger partial charge in [-0.1, -0.05) is 0 Å². The largest absolute Gasteiger partial charge is 0.490 e. The lowest BCUT2D eigenvalue weighted by atomic mass is 10.1. The molecule has 1 saturated heterocycles. The first-order valence-electron chi connectivity index (χ1n) is 8.19. The molecule has 29 heavy (non-hydrogen) atoms. The van der Waals surface area contributed by atoms with Gasteiger partial charge in [-0.2, -0.15) is 31.4 Å². The van der Waals surface area contributed by atoms with Gasteiger partial charge in [0, 0.05) is 24.0 Å². The van der Waals surface area contributed by atoms with Crippen molar-refractivity contribution in [2.45, 2.75) is 31.2 Å². The number of carbonyl (C=O) groups is 1. The molecule has 160 valence electrons. The molecule has 0 saturated carbocycles. The minimum atomic E-state index is -5.08. The molecule has 0 atom stereocenters. The molecule has 0 amide bonds. The van der Waals surface area contributed by atoms with Crippen molar-refractivity contribution in [3.63, 3.8) is 0 Å². The third kappa shape index (κ3) is 6.58. The summed E-state index contributed by atoms with van der Waals surface area (Å²) >= 11 is 0. The van der Waals surface area contributed by atoms with Gasteiger partial charge in [0.25, 0.3) is 0 Å². The van der Waals surface area contributed by atoms with Crippen molar-refractivity contribution in [3.05, 3.63) is 24.2 Å². The molecule has 3 rings (SSSR count). The fourth-order valence-corrected chi connectivity index (χ4v) is 2.41. The van der Waals surface area contributed by atoms with E-state index >= 15 is 0 Å². The van der Waals surface area contributed by atoms with Crippen molar-refractivity contribution in [1.82, 2.24) is 25.5 Å². The SMILES string of the molecule is FC(F)(F)c1cnc(NC2CCNCC2)nc1-c1cn[nH]c1.O=C(O)C(F)(F)F. The third-order valence-corrected chi connectivity index (χ3v) is 3.78. The maximum Gasteiger partial charge on any atom is 0.490 e. The van der Waals surface area contributed by atoms with Gasteiger partial charge in [-0.3, -0.25) is 5.10 Å². The van der Waals surface area contributed by atoms with Crippen molar-refractivity contribution in [1.29, 1.82) is 0 Å². The van der Waals surface area contributed by atoms with E-state index in [1.54, 1.807) is 0 Å². The van der Waals surface area contributed by atoms with Crippen LogP contribution in [0.5, 0.6) is 0 Å². The number of hydrogen-bond donors (Lipinski definition) is 4. The minimum Gasteiger partial charge on any atom is -0.475 e. The fourth-order valence-electron chi connectivity index (χ4n) is 2.41. The Bertz CT molecular complexity index is 803. The van der Waals surface area contributed by atoms with Crippen LogP contribution in [-0.2, 0) is 11.0 Å². The molecule has 0 unspecified atom stereocenters. The third-order valence-electron chi connectivity index (χ3n) is 3.78. The summed E-state index contributed by atoms with van der Waals surface area (Å²) in [5, 5.41) is 19.6. The van der Waals surface area contributed by atoms with E-state index < -0.39 is 23.9 Å². The van der Waals surface area contributed by atoms with Crippen LogP contribution < -0.4 is 10.6 Å². The number of nitrogens with one attached hydrogen (secondary N) is 3. The lowest BCUT2D eigenvalue weighted by Gasteiger charge is -2.24. The zero-order valence-electron chi connectivity index (χ0n) is 14.6. The first-order chi connectivity index (χ1) is 13.5. The highest BCUT2D eigenvalue weighted by atomic mass is 19.4. The van der Waals surface area contributed by atoms with Gasteiger partial charge in [-0.05, 0) is 25.9 Å². The van der Waals surface area contributed by atoms with Gasteiger partial charge >= 0.3 is 18.3 Å². The number of nitrogens with zero attached hydrogens (tertiary/aromatic N) is 3. The van der Waals surface area contributed by atoms with Gasteiger partial charge < -0.3 is 15.7 Å². The van der Waals surface area contributed by atoms with Crippen molar-refractivity contribution < 1.29 is 36.2 Å². The quantitative estimate of drug-likeness (QED) is 0.558. The summed E-state index contributed by atoms with van der Waals surface area (Å²) in [6, 6.07) is 0.162. The summed E-state index contributed by atoms with van der Waals surface area (Å²) in [5.41, 5.74) is -0.763. The molecule has 4 N–H and O–H groups in total. The van der Waals surface area contributed by atoms with E-state index in [0.29, 0.717) is 0 Å². The van der Waals surface area contributed by atoms with Crippen LogP contribution >= 0.6 is 0 Å². The topological polar surface area (TPSA) is 116 Å². The number of piperidine rings is 1. The van der Waals surface area contributed by atoms with Crippen LogP contribution in [0.1, 0.15) is 18.4 Å². The molecular weight excluding hydrogens is 410 g/mol. The lowest BCUT2D eigenvalue weighted by Crippen LogP contribution is -2.35. The second-order valence-electron chi connectivity index (χ2n) is 5.91. The Morgan fingerprint density at radius 3 is 2.24 bits per heavy atom. The van der Waals surface area contributed by atoms with Crippen molar-refractivity contribution in [3.8, 4) is 11.3 Å². The lowest BCUT2D eigenvalue weighted by molar-refractivity contribution is -0.192. The van der Waals surface area contributed by atoms with E-state index in [1.807, 2.05) is 0 Å². The molecular formula is C15H16F6N6O2. The predicted molar refractivity (Wildman–Crippen MR) is 87.8 cm³/mol. The summed E-state index contributed by atoms with van der Waals surface area (Å²) in [7, 11) is 0. The maximum atomic E-state index is 13.1. The number of halogens is 6. The van der Waals surface area contributed by atoms with Gasteiger partial charge in [-0.15, -0.1) is 0 Å². The van der Waals surface area contributed by atoms with Crippen LogP contribution in [0.4, 0.5) is 32.3 Å². The van der Waals surface area contributed by atoms with E-state index in [2.05, 4.69) is 30.8 Å². The molecule has 1 fully saturated rings. The molecule has 3 heterocycles. The van der Waals surface area contributed by atoms with Crippen molar-refractivity contribution in [2.24, 2.45) is 0 Å². The van der Waals surface area contributed by atoms with Crippen LogP contribution in [0, 0.1) is 0 Å². The van der Waals surface area contributed by atoms with Gasteiger partial charge in [0.15, 0.2) is 0 Å². The number of carboxylic acid groups (broad SMARTS) is 1. The van der Waals surface area contributed by atoms with Crippen LogP contribution in [0.15, 0.2) is 18.6 Å². The summed E-state index contributed by atoms with van der Waals surface area (Å²) in [5.74, 6) is -2.55. The van der Waals surface area contributed by atoms with Crippen LogP contribution in [0.25, 0.3) is 11.3 Å². The smallest absolute Gasteiger partial charge is 0.475 e. The Morgan fingerprint density at radius 1 is 1.14 bits per heavy atom. The van der Waals surface area contributed by atoms with E-state index in [9.17, 15) is 26.3 Å². The van der Waals surface area contributed by atoms with E-state index in [0.717, 1.165) is 32.1 Å². The van der Waals surface area contributed by atoms with E-state index in [-0.39, 0.29) is 23.2 Å². The van der Waals surface area contributed by atoms with E-state index in [4.69, 9.17) is 9.90 Å². The number of aromatic nitrogens is 4. The normalized spacial score (nSPS) is 15.4. The molecule has 0 spiro atoms. The van der Waals surface area contributed by atoms with Crippen LogP contribution in [0.2, 0.25) is 0 Å².